The molecule has 1 saturated carbocycles. The predicted octanol–water partition coefficient (Wildman–Crippen LogP) is 2.82. The van der Waals surface area contributed by atoms with Gasteiger partial charge in [-0.15, -0.1) is 0 Å². The van der Waals surface area contributed by atoms with Crippen LogP contribution in [0.25, 0.3) is 5.57 Å². The van der Waals surface area contributed by atoms with Crippen LogP contribution in [-0.4, -0.2) is 71.3 Å². The third kappa shape index (κ3) is 5.66. The predicted molar refractivity (Wildman–Crippen MR) is 137 cm³/mol. The number of primary amides is 1. The number of likely N-dealkylation sites (N-methyl/N-ethyl adjacent to an activating group) is 1. The summed E-state index contributed by atoms with van der Waals surface area (Å²) in [7, 11) is 2.14. The standard InChI is InChI=1S/C25H35N7O2/c1-16(2)21-24(27-18-6-10-20(33)11-7-18)30-25(22(29-21)23(26)34)28-17-4-8-19(9-5-17)32-14-12-31(3)13-15-32/h4-5,8-9,18,20,33H,1,6-7,10-15H2,2-3H3,(H2,26,34)(H2,27,28,30)/t18-,20-. The van der Waals surface area contributed by atoms with E-state index in [0.29, 0.717) is 22.9 Å². The molecule has 0 unspecified atom stereocenters. The SMILES string of the molecule is C=C(C)c1nc(C(N)=O)c(Nc2ccc(N3CCN(C)CC3)cc2)nc1N[C@H]1CC[C@H](O)CC1. The van der Waals surface area contributed by atoms with Gasteiger partial charge in [-0.25, -0.2) is 9.97 Å². The van der Waals surface area contributed by atoms with Crippen molar-refractivity contribution >= 4 is 34.5 Å². The molecule has 1 aliphatic carbocycles. The topological polar surface area (TPSA) is 120 Å². The average Bonchev–Trinajstić information content (AvgIpc) is 2.81. The number of carbonyl (C=O) groups excluding carboxylic acids is 1. The number of benzene rings is 1. The van der Waals surface area contributed by atoms with E-state index in [-0.39, 0.29) is 17.8 Å². The summed E-state index contributed by atoms with van der Waals surface area (Å²) in [6.45, 7) is 9.91. The van der Waals surface area contributed by atoms with Gasteiger partial charge in [0, 0.05) is 43.6 Å². The third-order valence-electron chi connectivity index (χ3n) is 6.57. The van der Waals surface area contributed by atoms with E-state index in [0.717, 1.165) is 57.5 Å². The number of anilines is 4. The summed E-state index contributed by atoms with van der Waals surface area (Å²) in [6.07, 6.45) is 2.93. The van der Waals surface area contributed by atoms with Crippen LogP contribution in [0.4, 0.5) is 23.0 Å². The zero-order chi connectivity index (χ0) is 24.2. The van der Waals surface area contributed by atoms with Crippen molar-refractivity contribution in [3.63, 3.8) is 0 Å². The molecule has 0 spiro atoms. The van der Waals surface area contributed by atoms with Crippen molar-refractivity contribution in [3.05, 3.63) is 42.2 Å². The van der Waals surface area contributed by atoms with Crippen LogP contribution in [0.5, 0.6) is 0 Å². The number of carbonyl (C=O) groups is 1. The Bertz CT molecular complexity index is 1020. The molecule has 4 rings (SSSR count). The lowest BCUT2D eigenvalue weighted by Crippen LogP contribution is -2.44. The Balaban J connectivity index is 1.57. The van der Waals surface area contributed by atoms with Gasteiger partial charge in [0.15, 0.2) is 17.3 Å². The van der Waals surface area contributed by atoms with Gasteiger partial charge in [-0.3, -0.25) is 4.79 Å². The number of hydrogen-bond donors (Lipinski definition) is 4. The minimum Gasteiger partial charge on any atom is -0.393 e. The Morgan fingerprint density at radius 2 is 1.68 bits per heavy atom. The molecule has 0 bridgehead atoms. The quantitative estimate of drug-likeness (QED) is 0.493. The van der Waals surface area contributed by atoms with Gasteiger partial charge in [0.05, 0.1) is 6.10 Å². The van der Waals surface area contributed by atoms with Crippen molar-refractivity contribution in [1.82, 2.24) is 14.9 Å². The first kappa shape index (κ1) is 24.0. The monoisotopic (exact) mass is 465 g/mol. The fraction of sp³-hybridized carbons (Fsp3) is 0.480. The summed E-state index contributed by atoms with van der Waals surface area (Å²) in [5.41, 5.74) is 8.90. The maximum atomic E-state index is 12.2. The first-order valence-corrected chi connectivity index (χ1v) is 11.9. The first-order valence-electron chi connectivity index (χ1n) is 11.9. The maximum Gasteiger partial charge on any atom is 0.271 e. The lowest BCUT2D eigenvalue weighted by molar-refractivity contribution is 0.0996. The van der Waals surface area contributed by atoms with E-state index >= 15 is 0 Å². The first-order chi connectivity index (χ1) is 16.3. The molecule has 1 amide bonds. The van der Waals surface area contributed by atoms with Gasteiger partial charge in [-0.2, -0.15) is 0 Å². The summed E-state index contributed by atoms with van der Waals surface area (Å²) in [4.78, 5) is 26.1. The summed E-state index contributed by atoms with van der Waals surface area (Å²) < 4.78 is 0. The van der Waals surface area contributed by atoms with Gasteiger partial charge in [0.25, 0.3) is 5.91 Å². The Hall–Kier alpha value is -3.17. The summed E-state index contributed by atoms with van der Waals surface area (Å²) in [6, 6.07) is 8.26. The molecule has 5 N–H and O–H groups in total. The number of allylic oxidation sites excluding steroid dienone is 1. The Labute approximate surface area is 201 Å². The van der Waals surface area contributed by atoms with Crippen LogP contribution in [0.1, 0.15) is 48.8 Å². The van der Waals surface area contributed by atoms with Crippen molar-refractivity contribution < 1.29 is 9.90 Å². The lowest BCUT2D eigenvalue weighted by Gasteiger charge is -2.34. The Kier molecular flexibility index (Phi) is 7.33. The number of nitrogens with zero attached hydrogens (tertiary/aromatic N) is 4. The van der Waals surface area contributed by atoms with Gasteiger partial charge in [-0.1, -0.05) is 6.58 Å². The maximum absolute atomic E-state index is 12.2. The number of aromatic nitrogens is 2. The number of aliphatic hydroxyl groups is 1. The number of hydrogen-bond acceptors (Lipinski definition) is 8. The van der Waals surface area contributed by atoms with Crippen LogP contribution in [0.15, 0.2) is 30.8 Å². The van der Waals surface area contributed by atoms with Gasteiger partial charge < -0.3 is 31.3 Å². The van der Waals surface area contributed by atoms with Crippen LogP contribution in [0, 0.1) is 0 Å². The van der Waals surface area contributed by atoms with Gasteiger partial charge in [0.2, 0.25) is 0 Å². The fourth-order valence-corrected chi connectivity index (χ4v) is 4.46. The van der Waals surface area contributed by atoms with Crippen molar-refractivity contribution in [1.29, 1.82) is 0 Å². The molecule has 182 valence electrons. The van der Waals surface area contributed by atoms with Crippen LogP contribution in [-0.2, 0) is 0 Å². The number of amides is 1. The summed E-state index contributed by atoms with van der Waals surface area (Å²) >= 11 is 0. The van der Waals surface area contributed by atoms with Crippen molar-refractivity contribution in [3.8, 4) is 0 Å². The van der Waals surface area contributed by atoms with Crippen molar-refractivity contribution in [2.75, 3.05) is 48.8 Å². The third-order valence-corrected chi connectivity index (χ3v) is 6.57. The number of aliphatic hydroxyl groups excluding tert-OH is 1. The van der Waals surface area contributed by atoms with Crippen LogP contribution in [0.3, 0.4) is 0 Å². The lowest BCUT2D eigenvalue weighted by atomic mass is 9.93. The molecular weight excluding hydrogens is 430 g/mol. The molecule has 9 heteroatoms. The zero-order valence-corrected chi connectivity index (χ0v) is 20.0. The number of nitrogens with one attached hydrogen (secondary N) is 2. The number of piperazine rings is 1. The molecule has 2 aromatic rings. The van der Waals surface area contributed by atoms with Crippen molar-refractivity contribution in [2.24, 2.45) is 5.73 Å². The highest BCUT2D eigenvalue weighted by atomic mass is 16.3. The van der Waals surface area contributed by atoms with Crippen LogP contribution < -0.4 is 21.3 Å². The zero-order valence-electron chi connectivity index (χ0n) is 20.0. The molecule has 1 aliphatic heterocycles. The normalized spacial score (nSPS) is 21.2. The largest absolute Gasteiger partial charge is 0.393 e. The minimum absolute atomic E-state index is 0.0748. The molecule has 2 fully saturated rings. The second-order valence-electron chi connectivity index (χ2n) is 9.37. The van der Waals surface area contributed by atoms with Gasteiger partial charge >= 0.3 is 0 Å². The van der Waals surface area contributed by atoms with Crippen LogP contribution >= 0.6 is 0 Å². The second-order valence-corrected chi connectivity index (χ2v) is 9.37. The van der Waals surface area contributed by atoms with E-state index in [4.69, 9.17) is 10.7 Å². The fourth-order valence-electron chi connectivity index (χ4n) is 4.46. The number of rotatable bonds is 7. The van der Waals surface area contributed by atoms with Gasteiger partial charge in [-0.05, 0) is 69.5 Å². The van der Waals surface area contributed by atoms with Crippen molar-refractivity contribution in [2.45, 2.75) is 44.8 Å². The smallest absolute Gasteiger partial charge is 0.271 e. The minimum atomic E-state index is -0.654. The molecule has 1 aromatic heterocycles. The highest BCUT2D eigenvalue weighted by Gasteiger charge is 2.23. The van der Waals surface area contributed by atoms with E-state index in [1.165, 1.54) is 5.69 Å². The van der Waals surface area contributed by atoms with E-state index in [9.17, 15) is 9.90 Å². The number of nitrogens with two attached hydrogens (primary N) is 1. The Morgan fingerprint density at radius 1 is 1.03 bits per heavy atom. The van der Waals surface area contributed by atoms with E-state index in [2.05, 4.69) is 51.2 Å². The van der Waals surface area contributed by atoms with E-state index < -0.39 is 5.91 Å². The highest BCUT2D eigenvalue weighted by molar-refractivity contribution is 5.97. The Morgan fingerprint density at radius 3 is 2.26 bits per heavy atom. The van der Waals surface area contributed by atoms with E-state index in [1.807, 2.05) is 19.1 Å². The molecule has 9 nitrogen and oxygen atoms in total. The second kappa shape index (κ2) is 10.4. The summed E-state index contributed by atoms with van der Waals surface area (Å²) in [5.74, 6) is 0.220. The molecule has 34 heavy (non-hydrogen) atoms. The molecule has 0 atom stereocenters. The molecule has 1 saturated heterocycles. The molecule has 1 aromatic carbocycles. The molecule has 2 heterocycles. The van der Waals surface area contributed by atoms with Crippen LogP contribution in [0.2, 0.25) is 0 Å². The molecule has 0 radical (unpaired) electrons. The molecular formula is C25H35N7O2. The average molecular weight is 466 g/mol. The molecule has 2 aliphatic rings. The summed E-state index contributed by atoms with van der Waals surface area (Å²) in [5, 5.41) is 16.5. The highest BCUT2D eigenvalue weighted by Crippen LogP contribution is 2.29. The van der Waals surface area contributed by atoms with Gasteiger partial charge in [0.1, 0.15) is 5.69 Å². The van der Waals surface area contributed by atoms with E-state index in [1.54, 1.807) is 0 Å².